The van der Waals surface area contributed by atoms with Gasteiger partial charge in [-0.15, -0.1) is 0 Å². The molecular weight excluding hydrogens is 501 g/mol. The highest BCUT2D eigenvalue weighted by Gasteiger charge is 2.17. The van der Waals surface area contributed by atoms with Crippen LogP contribution in [0.4, 0.5) is 0 Å². The van der Waals surface area contributed by atoms with Crippen LogP contribution in [0.5, 0.6) is 11.5 Å². The predicted molar refractivity (Wildman–Crippen MR) is 142 cm³/mol. The Morgan fingerprint density at radius 1 is 1.08 bits per heavy atom. The van der Waals surface area contributed by atoms with Crippen molar-refractivity contribution in [3.63, 3.8) is 0 Å². The van der Waals surface area contributed by atoms with Crippen molar-refractivity contribution in [2.75, 3.05) is 6.61 Å². The first-order valence-corrected chi connectivity index (χ1v) is 12.0. The molecule has 0 bridgehead atoms. The van der Waals surface area contributed by atoms with Gasteiger partial charge in [-0.05, 0) is 61.0 Å². The van der Waals surface area contributed by atoms with E-state index >= 15 is 0 Å². The number of esters is 1. The Bertz CT molecular complexity index is 1530. The number of carbonyl (C=O) groups is 1. The fourth-order valence-electron chi connectivity index (χ4n) is 3.52. The average Bonchev–Trinajstić information content (AvgIpc) is 2.84. The van der Waals surface area contributed by atoms with E-state index in [2.05, 4.69) is 10.1 Å². The van der Waals surface area contributed by atoms with Crippen LogP contribution in [-0.4, -0.2) is 28.5 Å². The smallest absolute Gasteiger partial charge is 0.345 e. The molecule has 0 saturated carbocycles. The third kappa shape index (κ3) is 5.42. The number of para-hydroxylation sites is 1. The number of hydrogen-bond donors (Lipinski definition) is 0. The van der Waals surface area contributed by atoms with Crippen LogP contribution in [0, 0.1) is 0 Å². The fraction of sp³-hybridized carbons (Fsp3) is 0.185. The highest BCUT2D eigenvalue weighted by Crippen LogP contribution is 2.30. The Hall–Kier alpha value is -3.68. The topological polar surface area (TPSA) is 82.8 Å². The quantitative estimate of drug-likeness (QED) is 0.160. The molecule has 0 aliphatic heterocycles. The number of nitrogens with zero attached hydrogens (tertiary/aromatic N) is 3. The Kier molecular flexibility index (Phi) is 7.72. The van der Waals surface area contributed by atoms with E-state index in [9.17, 15) is 9.59 Å². The molecule has 184 valence electrons. The van der Waals surface area contributed by atoms with Crippen molar-refractivity contribution >= 4 is 46.3 Å². The minimum absolute atomic E-state index is 0.0278. The lowest BCUT2D eigenvalue weighted by Crippen LogP contribution is -2.23. The summed E-state index contributed by atoms with van der Waals surface area (Å²) in [6.07, 6.45) is 1.54. The summed E-state index contributed by atoms with van der Waals surface area (Å²) in [7, 11) is 0. The fourth-order valence-corrected chi connectivity index (χ4v) is 4.00. The van der Waals surface area contributed by atoms with Gasteiger partial charge in [-0.3, -0.25) is 4.79 Å². The van der Waals surface area contributed by atoms with Crippen LogP contribution in [-0.2, 0) is 0 Å². The van der Waals surface area contributed by atoms with Crippen LogP contribution < -0.4 is 15.0 Å². The summed E-state index contributed by atoms with van der Waals surface area (Å²) >= 11 is 12.0. The van der Waals surface area contributed by atoms with Gasteiger partial charge in [-0.2, -0.15) is 9.78 Å². The molecule has 0 unspecified atom stereocenters. The van der Waals surface area contributed by atoms with Crippen LogP contribution in [0.15, 0.2) is 70.6 Å². The zero-order chi connectivity index (χ0) is 25.8. The number of fused-ring (bicyclic) bond motifs is 1. The number of benzene rings is 3. The van der Waals surface area contributed by atoms with E-state index in [1.807, 2.05) is 32.9 Å². The lowest BCUT2D eigenvalue weighted by Gasteiger charge is -2.13. The molecule has 4 rings (SSSR count). The maximum Gasteiger partial charge on any atom is 0.345 e. The third-order valence-corrected chi connectivity index (χ3v) is 5.79. The molecule has 0 N–H and O–H groups in total. The van der Waals surface area contributed by atoms with Gasteiger partial charge in [0.15, 0.2) is 11.5 Å². The molecular formula is C27H23Cl2N3O4. The first-order chi connectivity index (χ1) is 17.3. The van der Waals surface area contributed by atoms with E-state index in [1.165, 1.54) is 23.0 Å². The molecule has 0 aliphatic rings. The summed E-state index contributed by atoms with van der Waals surface area (Å²) in [5.41, 5.74) is 1.19. The molecule has 0 saturated heterocycles. The molecule has 4 aromatic rings. The molecule has 1 heterocycles. The lowest BCUT2D eigenvalue weighted by molar-refractivity contribution is 0.0728. The monoisotopic (exact) mass is 523 g/mol. The molecule has 0 atom stereocenters. The van der Waals surface area contributed by atoms with Gasteiger partial charge >= 0.3 is 5.97 Å². The minimum Gasteiger partial charge on any atom is -0.490 e. The standard InChI is InChI=1S/C27H23Cl2N3O4/c1-4-35-24-13-17(9-12-23(24)36-27(34)19-11-10-18(28)14-21(19)29)15-30-32-25(16(2)3)31-22-8-6-5-7-20(22)26(32)33/h5-16H,4H2,1-3H3. The molecule has 0 radical (unpaired) electrons. The van der Waals surface area contributed by atoms with Gasteiger partial charge in [0.05, 0.1) is 34.3 Å². The van der Waals surface area contributed by atoms with Crippen molar-refractivity contribution in [1.82, 2.24) is 9.66 Å². The highest BCUT2D eigenvalue weighted by atomic mass is 35.5. The molecule has 9 heteroatoms. The first kappa shape index (κ1) is 25.4. The van der Waals surface area contributed by atoms with Crippen molar-refractivity contribution in [1.29, 1.82) is 0 Å². The summed E-state index contributed by atoms with van der Waals surface area (Å²) in [4.78, 5) is 30.4. The summed E-state index contributed by atoms with van der Waals surface area (Å²) in [5.74, 6) is 0.435. The summed E-state index contributed by atoms with van der Waals surface area (Å²) in [5, 5.41) is 5.51. The summed E-state index contributed by atoms with van der Waals surface area (Å²) in [6, 6.07) is 16.7. The van der Waals surface area contributed by atoms with Crippen molar-refractivity contribution in [3.8, 4) is 11.5 Å². The van der Waals surface area contributed by atoms with Gasteiger partial charge in [0.1, 0.15) is 5.82 Å². The Balaban J connectivity index is 1.67. The normalized spacial score (nSPS) is 11.4. The maximum atomic E-state index is 13.1. The van der Waals surface area contributed by atoms with Gasteiger partial charge in [-0.25, -0.2) is 9.78 Å². The molecule has 0 spiro atoms. The Morgan fingerprint density at radius 3 is 2.58 bits per heavy atom. The van der Waals surface area contributed by atoms with Crippen LogP contribution in [0.25, 0.3) is 10.9 Å². The van der Waals surface area contributed by atoms with E-state index in [-0.39, 0.29) is 27.8 Å². The SMILES string of the molecule is CCOc1cc(C=Nn2c(C(C)C)nc3ccccc3c2=O)ccc1OC(=O)c1ccc(Cl)cc1Cl. The predicted octanol–water partition coefficient (Wildman–Crippen LogP) is 6.33. The average molecular weight is 524 g/mol. The molecule has 0 aliphatic carbocycles. The molecule has 0 fully saturated rings. The first-order valence-electron chi connectivity index (χ1n) is 11.3. The van der Waals surface area contributed by atoms with Crippen molar-refractivity contribution in [2.45, 2.75) is 26.7 Å². The molecule has 7 nitrogen and oxygen atoms in total. The summed E-state index contributed by atoms with van der Waals surface area (Å²) in [6.45, 7) is 6.06. The van der Waals surface area contributed by atoms with Crippen molar-refractivity contribution < 1.29 is 14.3 Å². The van der Waals surface area contributed by atoms with Crippen LogP contribution in [0.1, 0.15) is 48.4 Å². The summed E-state index contributed by atoms with van der Waals surface area (Å²) < 4.78 is 12.5. The van der Waals surface area contributed by atoms with Gasteiger partial charge in [0, 0.05) is 10.9 Å². The second kappa shape index (κ2) is 10.9. The Labute approximate surface area is 217 Å². The number of aromatic nitrogens is 2. The van der Waals surface area contributed by atoms with Gasteiger partial charge in [0.2, 0.25) is 0 Å². The van der Waals surface area contributed by atoms with E-state index < -0.39 is 5.97 Å². The van der Waals surface area contributed by atoms with E-state index in [4.69, 9.17) is 32.7 Å². The van der Waals surface area contributed by atoms with Gasteiger partial charge in [-0.1, -0.05) is 49.2 Å². The van der Waals surface area contributed by atoms with E-state index in [0.29, 0.717) is 39.7 Å². The van der Waals surface area contributed by atoms with E-state index in [0.717, 1.165) is 0 Å². The van der Waals surface area contributed by atoms with Crippen LogP contribution >= 0.6 is 23.2 Å². The largest absolute Gasteiger partial charge is 0.490 e. The molecule has 0 amide bonds. The second-order valence-electron chi connectivity index (χ2n) is 8.16. The van der Waals surface area contributed by atoms with Gasteiger partial charge in [0.25, 0.3) is 5.56 Å². The minimum atomic E-state index is -0.644. The molecule has 36 heavy (non-hydrogen) atoms. The maximum absolute atomic E-state index is 13.1. The number of rotatable bonds is 7. The number of carbonyl (C=O) groups excluding carboxylic acids is 1. The van der Waals surface area contributed by atoms with Crippen molar-refractivity contribution in [2.24, 2.45) is 5.10 Å². The van der Waals surface area contributed by atoms with Gasteiger partial charge < -0.3 is 9.47 Å². The number of halogens is 2. The lowest BCUT2D eigenvalue weighted by atomic mass is 10.2. The zero-order valence-corrected chi connectivity index (χ0v) is 21.4. The number of hydrogen-bond acceptors (Lipinski definition) is 6. The number of ether oxygens (including phenoxy) is 2. The van der Waals surface area contributed by atoms with Crippen LogP contribution in [0.3, 0.4) is 0 Å². The molecule has 1 aromatic heterocycles. The van der Waals surface area contributed by atoms with E-state index in [1.54, 1.807) is 36.4 Å². The van der Waals surface area contributed by atoms with Crippen LogP contribution in [0.2, 0.25) is 10.0 Å². The third-order valence-electron chi connectivity index (χ3n) is 5.24. The second-order valence-corrected chi connectivity index (χ2v) is 9.00. The zero-order valence-electron chi connectivity index (χ0n) is 19.9. The Morgan fingerprint density at radius 2 is 1.86 bits per heavy atom. The highest BCUT2D eigenvalue weighted by molar-refractivity contribution is 6.36. The van der Waals surface area contributed by atoms with Crippen molar-refractivity contribution in [3.05, 3.63) is 98.0 Å². The molecule has 3 aromatic carbocycles.